The lowest BCUT2D eigenvalue weighted by Crippen LogP contribution is -2.19. The number of nitrogens with zero attached hydrogens (tertiary/aromatic N) is 1. The highest BCUT2D eigenvalue weighted by molar-refractivity contribution is 7.99. The van der Waals surface area contributed by atoms with Crippen molar-refractivity contribution < 1.29 is 31.5 Å². The maximum absolute atomic E-state index is 12.2. The Morgan fingerprint density at radius 1 is 1.16 bits per heavy atom. The number of pyridine rings is 1. The Balaban J connectivity index is 1.94. The maximum Gasteiger partial charge on any atom is 0.422 e. The fourth-order valence-corrected chi connectivity index (χ4v) is 2.18. The van der Waals surface area contributed by atoms with E-state index in [-0.39, 0.29) is 11.4 Å². The summed E-state index contributed by atoms with van der Waals surface area (Å²) in [4.78, 5) is 16.0. The van der Waals surface area contributed by atoms with E-state index in [4.69, 9.17) is 0 Å². The van der Waals surface area contributed by atoms with E-state index in [0.717, 1.165) is 12.3 Å². The summed E-state index contributed by atoms with van der Waals surface area (Å²) in [6, 6.07) is 8.17. The van der Waals surface area contributed by atoms with Crippen molar-refractivity contribution >= 4 is 23.4 Å². The van der Waals surface area contributed by atoms with Crippen LogP contribution in [0.3, 0.4) is 0 Å². The third-order valence-corrected chi connectivity index (χ3v) is 3.44. The van der Waals surface area contributed by atoms with Crippen molar-refractivity contribution in [2.75, 3.05) is 11.9 Å². The van der Waals surface area contributed by atoms with Gasteiger partial charge in [0.15, 0.2) is 6.61 Å². The fourth-order valence-electron chi connectivity index (χ4n) is 1.68. The molecule has 0 bridgehead atoms. The van der Waals surface area contributed by atoms with Crippen molar-refractivity contribution in [1.82, 2.24) is 4.98 Å². The molecule has 25 heavy (non-hydrogen) atoms. The molecule has 10 heteroatoms. The molecule has 0 aliphatic heterocycles. The molecule has 0 spiro atoms. The Kier molecular flexibility index (Phi) is 6.18. The van der Waals surface area contributed by atoms with E-state index in [1.165, 1.54) is 30.3 Å². The number of hydrogen-bond donors (Lipinski definition) is 1. The van der Waals surface area contributed by atoms with Crippen molar-refractivity contribution in [3.05, 3.63) is 48.2 Å². The standard InChI is InChI=1S/C15H11F5N2O2S/c16-14(17)25-11-4-2-10(3-5-11)22-13(23)9-1-6-12(21-7-9)24-8-15(18,19)20/h1-7,14H,8H2,(H,22,23). The number of ether oxygens (including phenoxy) is 1. The molecule has 4 nitrogen and oxygen atoms in total. The highest BCUT2D eigenvalue weighted by Gasteiger charge is 2.28. The highest BCUT2D eigenvalue weighted by Crippen LogP contribution is 2.26. The molecule has 0 fully saturated rings. The largest absolute Gasteiger partial charge is 0.468 e. The van der Waals surface area contributed by atoms with Gasteiger partial charge in [0.2, 0.25) is 5.88 Å². The third kappa shape index (κ3) is 6.57. The van der Waals surface area contributed by atoms with E-state index in [1.54, 1.807) is 0 Å². The molecule has 0 atom stereocenters. The predicted molar refractivity (Wildman–Crippen MR) is 82.0 cm³/mol. The van der Waals surface area contributed by atoms with Crippen LogP contribution in [0, 0.1) is 0 Å². The van der Waals surface area contributed by atoms with Crippen LogP contribution >= 0.6 is 11.8 Å². The summed E-state index contributed by atoms with van der Waals surface area (Å²) in [5, 5.41) is 2.52. The normalized spacial score (nSPS) is 11.4. The van der Waals surface area contributed by atoms with Crippen LogP contribution < -0.4 is 10.1 Å². The first-order chi connectivity index (χ1) is 11.7. The molecule has 0 radical (unpaired) electrons. The molecule has 0 saturated carbocycles. The summed E-state index contributed by atoms with van der Waals surface area (Å²) in [5.41, 5.74) is 0.478. The third-order valence-electron chi connectivity index (χ3n) is 2.72. The Morgan fingerprint density at radius 3 is 2.36 bits per heavy atom. The molecule has 2 rings (SSSR count). The molecule has 1 amide bonds. The summed E-state index contributed by atoms with van der Waals surface area (Å²) in [5.74, 6) is -3.35. The average molecular weight is 378 g/mol. The monoisotopic (exact) mass is 378 g/mol. The zero-order valence-corrected chi connectivity index (χ0v) is 13.2. The number of nitrogens with one attached hydrogen (secondary N) is 1. The quantitative estimate of drug-likeness (QED) is 0.590. The van der Waals surface area contributed by atoms with Gasteiger partial charge >= 0.3 is 6.18 Å². The van der Waals surface area contributed by atoms with Crippen LogP contribution in [0.2, 0.25) is 0 Å². The minimum Gasteiger partial charge on any atom is -0.468 e. The summed E-state index contributed by atoms with van der Waals surface area (Å²) in [6.07, 6.45) is -3.41. The summed E-state index contributed by atoms with van der Waals surface area (Å²) in [6.45, 7) is -1.48. The van der Waals surface area contributed by atoms with Crippen molar-refractivity contribution in [3.63, 3.8) is 0 Å². The number of hydrogen-bond acceptors (Lipinski definition) is 4. The molecular formula is C15H11F5N2O2S. The lowest BCUT2D eigenvalue weighted by atomic mass is 10.2. The average Bonchev–Trinajstić information content (AvgIpc) is 2.54. The zero-order chi connectivity index (χ0) is 18.4. The van der Waals surface area contributed by atoms with E-state index in [1.807, 2.05) is 0 Å². The van der Waals surface area contributed by atoms with Gasteiger partial charge in [-0.1, -0.05) is 11.8 Å². The second-order valence-corrected chi connectivity index (χ2v) is 5.71. The first kappa shape index (κ1) is 19.0. The maximum atomic E-state index is 12.2. The number of aromatic nitrogens is 1. The first-order valence-electron chi connectivity index (χ1n) is 6.75. The first-order valence-corrected chi connectivity index (χ1v) is 7.63. The highest BCUT2D eigenvalue weighted by atomic mass is 32.2. The fraction of sp³-hybridized carbons (Fsp3) is 0.200. The number of rotatable bonds is 6. The van der Waals surface area contributed by atoms with E-state index in [2.05, 4.69) is 15.0 Å². The zero-order valence-electron chi connectivity index (χ0n) is 12.4. The van der Waals surface area contributed by atoms with E-state index in [9.17, 15) is 26.7 Å². The summed E-state index contributed by atoms with van der Waals surface area (Å²) < 4.78 is 65.0. The number of benzene rings is 1. The van der Waals surface area contributed by atoms with Crippen LogP contribution in [-0.4, -0.2) is 29.4 Å². The second-order valence-electron chi connectivity index (χ2n) is 4.65. The van der Waals surface area contributed by atoms with Gasteiger partial charge in [-0.15, -0.1) is 0 Å². The minimum absolute atomic E-state index is 0.102. The Hall–Kier alpha value is -2.36. The topological polar surface area (TPSA) is 51.2 Å². The molecule has 0 aliphatic rings. The van der Waals surface area contributed by atoms with Gasteiger partial charge in [-0.2, -0.15) is 22.0 Å². The van der Waals surface area contributed by atoms with E-state index < -0.39 is 24.4 Å². The van der Waals surface area contributed by atoms with Gasteiger partial charge in [0.25, 0.3) is 11.7 Å². The molecule has 0 unspecified atom stereocenters. The molecule has 1 aromatic heterocycles. The van der Waals surface area contributed by atoms with Crippen molar-refractivity contribution in [2.24, 2.45) is 0 Å². The van der Waals surface area contributed by atoms with Gasteiger partial charge in [0.1, 0.15) is 0 Å². The lowest BCUT2D eigenvalue weighted by molar-refractivity contribution is -0.154. The Bertz CT molecular complexity index is 705. The molecule has 0 saturated heterocycles. The summed E-state index contributed by atoms with van der Waals surface area (Å²) in [7, 11) is 0. The van der Waals surface area contributed by atoms with Crippen LogP contribution in [0.5, 0.6) is 5.88 Å². The Labute approximate surface area is 143 Å². The van der Waals surface area contributed by atoms with Gasteiger partial charge < -0.3 is 10.1 Å². The molecule has 0 aliphatic carbocycles. The minimum atomic E-state index is -4.48. The molecule has 2 aromatic rings. The van der Waals surface area contributed by atoms with Crippen LogP contribution in [-0.2, 0) is 0 Å². The SMILES string of the molecule is O=C(Nc1ccc(SC(F)F)cc1)c1ccc(OCC(F)(F)F)nc1. The van der Waals surface area contributed by atoms with Gasteiger partial charge in [0.05, 0.1) is 5.56 Å². The van der Waals surface area contributed by atoms with E-state index in [0.29, 0.717) is 22.3 Å². The van der Waals surface area contributed by atoms with Crippen molar-refractivity contribution in [3.8, 4) is 5.88 Å². The van der Waals surface area contributed by atoms with Gasteiger partial charge in [-0.25, -0.2) is 4.98 Å². The number of carbonyl (C=O) groups excluding carboxylic acids is 1. The van der Waals surface area contributed by atoms with Crippen LogP contribution in [0.4, 0.5) is 27.6 Å². The molecule has 1 aromatic carbocycles. The van der Waals surface area contributed by atoms with Gasteiger partial charge in [-0.05, 0) is 30.3 Å². The van der Waals surface area contributed by atoms with Crippen LogP contribution in [0.1, 0.15) is 10.4 Å². The number of carbonyl (C=O) groups is 1. The predicted octanol–water partition coefficient (Wildman–Crippen LogP) is 4.59. The summed E-state index contributed by atoms with van der Waals surface area (Å²) >= 11 is 0.380. The van der Waals surface area contributed by atoms with Crippen LogP contribution in [0.25, 0.3) is 0 Å². The van der Waals surface area contributed by atoms with Gasteiger partial charge in [-0.3, -0.25) is 4.79 Å². The molecule has 1 heterocycles. The molecule has 1 N–H and O–H groups in total. The van der Waals surface area contributed by atoms with E-state index >= 15 is 0 Å². The number of anilines is 1. The number of alkyl halides is 5. The smallest absolute Gasteiger partial charge is 0.422 e. The van der Waals surface area contributed by atoms with Crippen molar-refractivity contribution in [2.45, 2.75) is 16.8 Å². The van der Waals surface area contributed by atoms with Crippen LogP contribution in [0.15, 0.2) is 47.5 Å². The number of thioether (sulfide) groups is 1. The lowest BCUT2D eigenvalue weighted by Gasteiger charge is -2.09. The second kappa shape index (κ2) is 8.15. The number of halogens is 5. The van der Waals surface area contributed by atoms with Gasteiger partial charge in [0, 0.05) is 22.8 Å². The Morgan fingerprint density at radius 2 is 1.84 bits per heavy atom. The number of amides is 1. The molecule has 134 valence electrons. The molecular weight excluding hydrogens is 367 g/mol. The van der Waals surface area contributed by atoms with Crippen molar-refractivity contribution in [1.29, 1.82) is 0 Å².